The number of nitrogens with zero attached hydrogens (tertiary/aromatic N) is 1. The first-order valence-electron chi connectivity index (χ1n) is 17.4. The van der Waals surface area contributed by atoms with Gasteiger partial charge in [0.15, 0.2) is 0 Å². The fourth-order valence-corrected chi connectivity index (χ4v) is 10.2. The van der Waals surface area contributed by atoms with Crippen LogP contribution in [0.3, 0.4) is 0 Å². The third-order valence-corrected chi connectivity index (χ3v) is 12.8. The number of rotatable bonds is 12. The molecule has 0 aromatic rings. The van der Waals surface area contributed by atoms with Crippen molar-refractivity contribution < 1.29 is 9.53 Å². The highest BCUT2D eigenvalue weighted by Gasteiger charge is 2.59. The molecule has 0 aromatic carbocycles. The molecule has 4 rings (SSSR count). The predicted octanol–water partition coefficient (Wildman–Crippen LogP) is 9.24. The van der Waals surface area contributed by atoms with Gasteiger partial charge >= 0.3 is 6.09 Å². The van der Waals surface area contributed by atoms with Crippen LogP contribution < -0.4 is 5.32 Å². The summed E-state index contributed by atoms with van der Waals surface area (Å²) in [4.78, 5) is 15.1. The Hall–Kier alpha value is -1.03. The molecule has 0 saturated heterocycles. The number of carbonyl (C=O) groups is 1. The van der Waals surface area contributed by atoms with Gasteiger partial charge in [0, 0.05) is 25.6 Å². The van der Waals surface area contributed by atoms with Gasteiger partial charge in [-0.25, -0.2) is 4.79 Å². The molecule has 0 radical (unpaired) electrons. The van der Waals surface area contributed by atoms with E-state index in [0.717, 1.165) is 67.9 Å². The first kappa shape index (κ1) is 31.9. The second-order valence-electron chi connectivity index (χ2n) is 15.4. The topological polar surface area (TPSA) is 41.6 Å². The summed E-state index contributed by atoms with van der Waals surface area (Å²) in [6.45, 7) is 21.8. The van der Waals surface area contributed by atoms with Gasteiger partial charge in [-0.15, -0.1) is 0 Å². The van der Waals surface area contributed by atoms with Crippen molar-refractivity contribution in [3.63, 3.8) is 0 Å². The van der Waals surface area contributed by atoms with E-state index in [4.69, 9.17) is 4.74 Å². The zero-order chi connectivity index (χ0) is 29.1. The smallest absolute Gasteiger partial charge is 0.407 e. The fraction of sp³-hybridized carbons (Fsp3) is 0.917. The van der Waals surface area contributed by atoms with Gasteiger partial charge in [0.25, 0.3) is 0 Å². The van der Waals surface area contributed by atoms with Crippen LogP contribution in [0.5, 0.6) is 0 Å². The van der Waals surface area contributed by atoms with Gasteiger partial charge in [0.05, 0.1) is 0 Å². The number of alkyl carbamates (subject to hydrolysis) is 1. The number of hydrogen-bond donors (Lipinski definition) is 1. The van der Waals surface area contributed by atoms with Gasteiger partial charge in [-0.3, -0.25) is 4.90 Å². The maximum atomic E-state index is 12.7. The molecule has 4 aliphatic carbocycles. The van der Waals surface area contributed by atoms with Crippen LogP contribution in [0.15, 0.2) is 11.6 Å². The Morgan fingerprint density at radius 3 is 2.52 bits per heavy atom. The molecule has 40 heavy (non-hydrogen) atoms. The summed E-state index contributed by atoms with van der Waals surface area (Å²) >= 11 is 0. The summed E-state index contributed by atoms with van der Waals surface area (Å²) in [5.41, 5.74) is 2.45. The van der Waals surface area contributed by atoms with Gasteiger partial charge in [-0.2, -0.15) is 0 Å². The minimum atomic E-state index is -0.226. The zero-order valence-corrected chi connectivity index (χ0v) is 27.6. The van der Waals surface area contributed by atoms with Crippen molar-refractivity contribution in [3.05, 3.63) is 11.6 Å². The van der Waals surface area contributed by atoms with Crippen LogP contribution in [-0.2, 0) is 4.74 Å². The third-order valence-electron chi connectivity index (χ3n) is 12.8. The van der Waals surface area contributed by atoms with E-state index < -0.39 is 0 Å². The number of fused-ring (bicyclic) bond motifs is 5. The minimum absolute atomic E-state index is 0.0316. The maximum absolute atomic E-state index is 12.7. The van der Waals surface area contributed by atoms with Gasteiger partial charge < -0.3 is 10.1 Å². The van der Waals surface area contributed by atoms with Crippen LogP contribution in [0.1, 0.15) is 132 Å². The molecule has 9 atom stereocenters. The SMILES string of the molecule is CCC(C)N(CC)CCNC(=O)OC1CC[C@]2(C)C(=CCC3C4CCC([C@@H](C)CCCC(C)C)[C@]4(C)CCC32)C1. The molecular weight excluding hydrogens is 492 g/mol. The fourth-order valence-electron chi connectivity index (χ4n) is 10.2. The lowest BCUT2D eigenvalue weighted by molar-refractivity contribution is -0.0581. The Bertz CT molecular complexity index is 869. The van der Waals surface area contributed by atoms with Gasteiger partial charge in [-0.1, -0.05) is 79.4 Å². The first-order valence-corrected chi connectivity index (χ1v) is 17.4. The number of likely N-dealkylation sites (N-methyl/N-ethyl adjacent to an activating group) is 1. The number of amides is 1. The molecule has 1 N–H and O–H groups in total. The molecule has 4 aliphatic rings. The number of ether oxygens (including phenoxy) is 1. The highest BCUT2D eigenvalue weighted by atomic mass is 16.6. The number of allylic oxidation sites excluding steroid dienone is 1. The first-order chi connectivity index (χ1) is 19.0. The normalized spacial score (nSPS) is 36.9. The van der Waals surface area contributed by atoms with E-state index >= 15 is 0 Å². The maximum Gasteiger partial charge on any atom is 0.407 e. The van der Waals surface area contributed by atoms with E-state index in [-0.39, 0.29) is 12.2 Å². The summed E-state index contributed by atoms with van der Waals surface area (Å²) in [6.07, 6.45) is 17.9. The molecular formula is C36H64N2O2. The number of carbonyl (C=O) groups excluding carboxylic acids is 1. The summed E-state index contributed by atoms with van der Waals surface area (Å²) in [7, 11) is 0. The van der Waals surface area contributed by atoms with Crippen LogP contribution in [0.2, 0.25) is 0 Å². The van der Waals surface area contributed by atoms with Gasteiger partial charge in [0.1, 0.15) is 6.10 Å². The lowest BCUT2D eigenvalue weighted by Crippen LogP contribution is -2.51. The molecule has 0 aromatic heterocycles. The van der Waals surface area contributed by atoms with E-state index in [1.54, 1.807) is 5.57 Å². The van der Waals surface area contributed by atoms with E-state index in [2.05, 4.69) is 71.7 Å². The van der Waals surface area contributed by atoms with Gasteiger partial charge in [0.2, 0.25) is 0 Å². The Balaban J connectivity index is 1.32. The van der Waals surface area contributed by atoms with Crippen molar-refractivity contribution in [2.75, 3.05) is 19.6 Å². The number of nitrogens with one attached hydrogen (secondary N) is 1. The molecule has 0 heterocycles. The molecule has 3 saturated carbocycles. The average molecular weight is 557 g/mol. The quantitative estimate of drug-likeness (QED) is 0.244. The second-order valence-corrected chi connectivity index (χ2v) is 15.4. The Kier molecular flexibility index (Phi) is 10.8. The number of hydrogen-bond acceptors (Lipinski definition) is 3. The van der Waals surface area contributed by atoms with Gasteiger partial charge in [-0.05, 0) is 111 Å². The Morgan fingerprint density at radius 2 is 1.82 bits per heavy atom. The highest BCUT2D eigenvalue weighted by molar-refractivity contribution is 5.67. The second kappa shape index (κ2) is 13.5. The summed E-state index contributed by atoms with van der Waals surface area (Å²) in [5, 5.41) is 3.04. The monoisotopic (exact) mass is 556 g/mol. The largest absolute Gasteiger partial charge is 0.446 e. The van der Waals surface area contributed by atoms with Crippen molar-refractivity contribution in [1.82, 2.24) is 10.2 Å². The molecule has 0 bridgehead atoms. The third kappa shape index (κ3) is 6.63. The average Bonchev–Trinajstić information content (AvgIpc) is 3.28. The van der Waals surface area contributed by atoms with E-state index in [1.165, 1.54) is 57.8 Å². The lowest BCUT2D eigenvalue weighted by Gasteiger charge is -2.58. The van der Waals surface area contributed by atoms with Crippen molar-refractivity contribution in [2.24, 2.45) is 46.3 Å². The molecule has 4 nitrogen and oxygen atoms in total. The summed E-state index contributed by atoms with van der Waals surface area (Å²) < 4.78 is 5.99. The van der Waals surface area contributed by atoms with E-state index in [0.29, 0.717) is 23.4 Å². The predicted molar refractivity (Wildman–Crippen MR) is 168 cm³/mol. The van der Waals surface area contributed by atoms with Crippen LogP contribution in [0.25, 0.3) is 0 Å². The Labute approximate surface area is 247 Å². The summed E-state index contributed by atoms with van der Waals surface area (Å²) in [5.74, 6) is 5.19. The van der Waals surface area contributed by atoms with Crippen LogP contribution in [-0.4, -0.2) is 42.8 Å². The standard InChI is InChI=1S/C36H64N2O2/c1-9-27(6)38(10-2)23-22-37-34(39)40-29-18-20-35(7)28(24-29)14-15-30-32-17-16-31(26(5)13-11-12-25(3)4)36(32,8)21-19-33(30)35/h14,25-27,29-33H,9-13,15-24H2,1-8H3,(H,37,39)/t26-,27?,29?,30?,31?,32?,33?,35+,36-/m0/s1. The molecule has 0 aliphatic heterocycles. The molecule has 1 amide bonds. The molecule has 3 fully saturated rings. The Morgan fingerprint density at radius 1 is 1.05 bits per heavy atom. The van der Waals surface area contributed by atoms with Crippen molar-refractivity contribution >= 4 is 6.09 Å². The van der Waals surface area contributed by atoms with Crippen LogP contribution in [0.4, 0.5) is 4.79 Å². The van der Waals surface area contributed by atoms with Crippen molar-refractivity contribution in [2.45, 2.75) is 145 Å². The zero-order valence-electron chi connectivity index (χ0n) is 27.6. The molecule has 230 valence electrons. The van der Waals surface area contributed by atoms with Crippen LogP contribution in [0, 0.1) is 46.3 Å². The molecule has 6 unspecified atom stereocenters. The minimum Gasteiger partial charge on any atom is -0.446 e. The van der Waals surface area contributed by atoms with Crippen LogP contribution >= 0.6 is 0 Å². The summed E-state index contributed by atoms with van der Waals surface area (Å²) in [6, 6.07) is 0.548. The van der Waals surface area contributed by atoms with Crippen molar-refractivity contribution in [3.8, 4) is 0 Å². The van der Waals surface area contributed by atoms with E-state index in [9.17, 15) is 4.79 Å². The van der Waals surface area contributed by atoms with E-state index in [1.807, 2.05) is 0 Å². The van der Waals surface area contributed by atoms with Crippen molar-refractivity contribution in [1.29, 1.82) is 0 Å². The molecule has 0 spiro atoms. The molecule has 4 heteroatoms. The highest BCUT2D eigenvalue weighted by Crippen LogP contribution is 2.67. The lowest BCUT2D eigenvalue weighted by atomic mass is 9.47.